The number of hydrogen-bond donors (Lipinski definition) is 0. The van der Waals surface area contributed by atoms with Crippen LogP contribution in [0.1, 0.15) is 76.8 Å². The number of carbonyl (C=O) groups excluding carboxylic acids is 2. The molecule has 0 heterocycles. The molecule has 2 aromatic rings. The minimum Gasteiger partial charge on any atom is -0.293 e. The van der Waals surface area contributed by atoms with Crippen molar-refractivity contribution >= 4 is 11.6 Å². The highest BCUT2D eigenvalue weighted by atomic mass is 16.2. The van der Waals surface area contributed by atoms with Gasteiger partial charge in [0, 0.05) is 11.1 Å². The maximum atomic E-state index is 12.9. The number of carbonyl (C=O) groups is 2. The molecule has 1 unspecified atom stereocenters. The van der Waals surface area contributed by atoms with Gasteiger partial charge in [-0.05, 0) is 41.9 Å². The number of rotatable bonds is 4. The Labute approximate surface area is 155 Å². The van der Waals surface area contributed by atoms with Crippen molar-refractivity contribution in [1.82, 2.24) is 0 Å². The van der Waals surface area contributed by atoms with Crippen LogP contribution in [0.15, 0.2) is 48.5 Å². The second-order valence-corrected chi connectivity index (χ2v) is 8.12. The van der Waals surface area contributed by atoms with Crippen LogP contribution in [0, 0.1) is 11.8 Å². The second-order valence-electron chi connectivity index (χ2n) is 8.12. The van der Waals surface area contributed by atoms with Crippen LogP contribution in [-0.4, -0.2) is 11.6 Å². The standard InChI is InChI=1S/C24H26O2/c1-16-7-9-17(10-8-16)11-12-18-13-14-20-21(15-18)24(26)22(23(20)25)19-5-3-2-4-6-19/h2-6,13-17,22H,7-12H2,1H3. The van der Waals surface area contributed by atoms with Crippen LogP contribution in [0.2, 0.25) is 0 Å². The van der Waals surface area contributed by atoms with E-state index in [0.717, 1.165) is 23.8 Å². The topological polar surface area (TPSA) is 34.1 Å². The molecule has 134 valence electrons. The summed E-state index contributed by atoms with van der Waals surface area (Å²) in [6.07, 6.45) is 7.56. The van der Waals surface area contributed by atoms with Gasteiger partial charge in [0.2, 0.25) is 0 Å². The molecular formula is C24H26O2. The first-order chi connectivity index (χ1) is 12.6. The Morgan fingerprint density at radius 2 is 1.54 bits per heavy atom. The lowest BCUT2D eigenvalue weighted by molar-refractivity contribution is 0.0890. The molecular weight excluding hydrogens is 320 g/mol. The van der Waals surface area contributed by atoms with E-state index in [9.17, 15) is 9.59 Å². The lowest BCUT2D eigenvalue weighted by Crippen LogP contribution is -2.13. The molecule has 0 bridgehead atoms. The first kappa shape index (κ1) is 17.2. The summed E-state index contributed by atoms with van der Waals surface area (Å²) in [6.45, 7) is 2.35. The Bertz CT molecular complexity index is 813. The van der Waals surface area contributed by atoms with Gasteiger partial charge >= 0.3 is 0 Å². The summed E-state index contributed by atoms with van der Waals surface area (Å²) in [7, 11) is 0. The SMILES string of the molecule is CC1CCC(CCc2ccc3c(c2)C(=O)C(c2ccccc2)C3=O)CC1. The van der Waals surface area contributed by atoms with Crippen LogP contribution in [0.25, 0.3) is 0 Å². The summed E-state index contributed by atoms with van der Waals surface area (Å²) in [4.78, 5) is 25.6. The molecule has 0 aromatic heterocycles. The van der Waals surface area contributed by atoms with Gasteiger partial charge in [-0.1, -0.05) is 75.1 Å². The first-order valence-electron chi connectivity index (χ1n) is 9.90. The lowest BCUT2D eigenvalue weighted by Gasteiger charge is -2.26. The normalized spacial score (nSPS) is 25.3. The van der Waals surface area contributed by atoms with Crippen molar-refractivity contribution < 1.29 is 9.59 Å². The largest absolute Gasteiger partial charge is 0.293 e. The van der Waals surface area contributed by atoms with E-state index in [1.54, 1.807) is 0 Å². The molecule has 2 nitrogen and oxygen atoms in total. The predicted octanol–water partition coefficient (Wildman–Crippen LogP) is 5.61. The highest BCUT2D eigenvalue weighted by Crippen LogP contribution is 2.35. The number of aryl methyl sites for hydroxylation is 1. The van der Waals surface area contributed by atoms with Gasteiger partial charge in [0.15, 0.2) is 11.6 Å². The van der Waals surface area contributed by atoms with Gasteiger partial charge in [0.25, 0.3) is 0 Å². The van der Waals surface area contributed by atoms with Crippen LogP contribution in [-0.2, 0) is 6.42 Å². The number of ketones is 2. The van der Waals surface area contributed by atoms with Crippen LogP contribution in [0.4, 0.5) is 0 Å². The fourth-order valence-electron chi connectivity index (χ4n) is 4.53. The third kappa shape index (κ3) is 3.25. The van der Waals surface area contributed by atoms with Gasteiger partial charge in [-0.2, -0.15) is 0 Å². The summed E-state index contributed by atoms with van der Waals surface area (Å²) < 4.78 is 0. The fourth-order valence-corrected chi connectivity index (χ4v) is 4.53. The molecule has 26 heavy (non-hydrogen) atoms. The van der Waals surface area contributed by atoms with Crippen LogP contribution in [0.5, 0.6) is 0 Å². The zero-order valence-corrected chi connectivity index (χ0v) is 15.4. The average molecular weight is 346 g/mol. The molecule has 0 radical (unpaired) electrons. The molecule has 0 saturated heterocycles. The first-order valence-corrected chi connectivity index (χ1v) is 9.90. The Morgan fingerprint density at radius 3 is 2.27 bits per heavy atom. The summed E-state index contributed by atoms with van der Waals surface area (Å²) in [5.41, 5.74) is 3.21. The van der Waals surface area contributed by atoms with Crippen LogP contribution < -0.4 is 0 Å². The minimum atomic E-state index is -0.652. The molecule has 0 spiro atoms. The van der Waals surface area contributed by atoms with Crippen molar-refractivity contribution in [3.8, 4) is 0 Å². The zero-order chi connectivity index (χ0) is 18.1. The molecule has 1 atom stereocenters. The highest BCUT2D eigenvalue weighted by molar-refractivity contribution is 6.29. The van der Waals surface area contributed by atoms with Gasteiger partial charge in [-0.3, -0.25) is 9.59 Å². The quantitative estimate of drug-likeness (QED) is 0.674. The Balaban J connectivity index is 1.49. The summed E-state index contributed by atoms with van der Waals surface area (Å²) in [6, 6.07) is 15.3. The third-order valence-electron chi connectivity index (χ3n) is 6.25. The number of hydrogen-bond acceptors (Lipinski definition) is 2. The van der Waals surface area contributed by atoms with Crippen molar-refractivity contribution in [2.75, 3.05) is 0 Å². The van der Waals surface area contributed by atoms with E-state index >= 15 is 0 Å². The molecule has 2 aliphatic carbocycles. The molecule has 2 heteroatoms. The van der Waals surface area contributed by atoms with Crippen molar-refractivity contribution in [1.29, 1.82) is 0 Å². The summed E-state index contributed by atoms with van der Waals surface area (Å²) >= 11 is 0. The van der Waals surface area contributed by atoms with Gasteiger partial charge in [0.1, 0.15) is 5.92 Å². The van der Waals surface area contributed by atoms with Gasteiger partial charge in [-0.15, -0.1) is 0 Å². The maximum Gasteiger partial charge on any atom is 0.178 e. The van der Waals surface area contributed by atoms with E-state index in [1.807, 2.05) is 48.5 Å². The van der Waals surface area contributed by atoms with Crippen molar-refractivity contribution in [3.05, 3.63) is 70.8 Å². The number of benzene rings is 2. The Morgan fingerprint density at radius 1 is 0.846 bits per heavy atom. The molecule has 0 aliphatic heterocycles. The van der Waals surface area contributed by atoms with E-state index in [1.165, 1.54) is 37.7 Å². The van der Waals surface area contributed by atoms with E-state index < -0.39 is 5.92 Å². The van der Waals surface area contributed by atoms with Gasteiger partial charge < -0.3 is 0 Å². The minimum absolute atomic E-state index is 0.0375. The molecule has 0 amide bonds. The van der Waals surface area contributed by atoms with Crippen molar-refractivity contribution in [3.63, 3.8) is 0 Å². The molecule has 4 rings (SSSR count). The molecule has 2 aliphatic rings. The zero-order valence-electron chi connectivity index (χ0n) is 15.4. The molecule has 0 N–H and O–H groups in total. The predicted molar refractivity (Wildman–Crippen MR) is 104 cm³/mol. The smallest absolute Gasteiger partial charge is 0.178 e. The van der Waals surface area contributed by atoms with E-state index in [2.05, 4.69) is 6.92 Å². The Kier molecular flexibility index (Phi) is 4.76. The van der Waals surface area contributed by atoms with E-state index in [0.29, 0.717) is 11.1 Å². The van der Waals surface area contributed by atoms with Crippen LogP contribution in [0.3, 0.4) is 0 Å². The molecule has 2 aromatic carbocycles. The number of fused-ring (bicyclic) bond motifs is 1. The van der Waals surface area contributed by atoms with Crippen molar-refractivity contribution in [2.45, 2.75) is 51.4 Å². The summed E-state index contributed by atoms with van der Waals surface area (Å²) in [5.74, 6) is 0.952. The van der Waals surface area contributed by atoms with Gasteiger partial charge in [0.05, 0.1) is 0 Å². The average Bonchev–Trinajstić information content (AvgIpc) is 2.92. The monoisotopic (exact) mass is 346 g/mol. The third-order valence-corrected chi connectivity index (χ3v) is 6.25. The Hall–Kier alpha value is -2.22. The fraction of sp³-hybridized carbons (Fsp3) is 0.417. The van der Waals surface area contributed by atoms with E-state index in [4.69, 9.17) is 0 Å². The molecule has 1 fully saturated rings. The highest BCUT2D eigenvalue weighted by Gasteiger charge is 2.39. The number of Topliss-reactive ketones (excluding diaryl/α,β-unsaturated/α-hetero) is 2. The van der Waals surface area contributed by atoms with Gasteiger partial charge in [-0.25, -0.2) is 0 Å². The van der Waals surface area contributed by atoms with E-state index in [-0.39, 0.29) is 11.6 Å². The van der Waals surface area contributed by atoms with Crippen molar-refractivity contribution in [2.24, 2.45) is 11.8 Å². The second kappa shape index (κ2) is 7.19. The summed E-state index contributed by atoms with van der Waals surface area (Å²) in [5, 5.41) is 0. The van der Waals surface area contributed by atoms with Crippen LogP contribution >= 0.6 is 0 Å². The maximum absolute atomic E-state index is 12.9. The molecule has 1 saturated carbocycles. The lowest BCUT2D eigenvalue weighted by atomic mass is 9.80.